The summed E-state index contributed by atoms with van der Waals surface area (Å²) >= 11 is 1.35. The molecule has 0 fully saturated rings. The molecule has 3 rings (SSSR count). The Balaban J connectivity index is 1.62. The first-order valence-electron chi connectivity index (χ1n) is 7.88. The van der Waals surface area contributed by atoms with Crippen LogP contribution in [-0.4, -0.2) is 35.3 Å². The number of nitrogens with one attached hydrogen (secondary N) is 2. The van der Waals surface area contributed by atoms with Gasteiger partial charge < -0.3 is 19.8 Å². The number of carbonyl (C=O) groups is 1. The number of para-hydroxylation sites is 2. The Morgan fingerprint density at radius 1 is 1.28 bits per heavy atom. The minimum Gasteiger partial charge on any atom is -0.497 e. The number of imidazole rings is 1. The van der Waals surface area contributed by atoms with Crippen LogP contribution in [0.15, 0.2) is 47.6 Å². The van der Waals surface area contributed by atoms with E-state index in [1.165, 1.54) is 11.8 Å². The van der Waals surface area contributed by atoms with Gasteiger partial charge in [0.15, 0.2) is 5.16 Å². The second-order valence-corrected chi connectivity index (χ2v) is 6.16. The number of hydrogen-bond acceptors (Lipinski definition) is 5. The highest BCUT2D eigenvalue weighted by molar-refractivity contribution is 7.99. The highest BCUT2D eigenvalue weighted by Crippen LogP contribution is 2.25. The number of nitrogens with zero attached hydrogens (tertiary/aromatic N) is 1. The highest BCUT2D eigenvalue weighted by Gasteiger charge is 2.10. The van der Waals surface area contributed by atoms with Crippen LogP contribution < -0.4 is 14.8 Å². The van der Waals surface area contributed by atoms with Crippen molar-refractivity contribution >= 4 is 34.4 Å². The number of fused-ring (bicyclic) bond motifs is 1. The van der Waals surface area contributed by atoms with E-state index in [1.807, 2.05) is 49.4 Å². The molecular weight excluding hydrogens is 338 g/mol. The minimum atomic E-state index is -0.116. The van der Waals surface area contributed by atoms with Crippen LogP contribution in [0, 0.1) is 0 Å². The number of methoxy groups -OCH3 is 1. The van der Waals surface area contributed by atoms with Gasteiger partial charge in [0, 0.05) is 6.07 Å². The number of aromatic nitrogens is 2. The van der Waals surface area contributed by atoms with E-state index in [-0.39, 0.29) is 11.7 Å². The van der Waals surface area contributed by atoms with Crippen molar-refractivity contribution in [2.75, 3.05) is 24.8 Å². The largest absolute Gasteiger partial charge is 0.497 e. The number of amides is 1. The topological polar surface area (TPSA) is 76.2 Å². The van der Waals surface area contributed by atoms with Crippen molar-refractivity contribution in [2.45, 2.75) is 12.1 Å². The summed E-state index contributed by atoms with van der Waals surface area (Å²) in [6.45, 7) is 2.45. The number of benzene rings is 2. The van der Waals surface area contributed by atoms with Gasteiger partial charge in [-0.2, -0.15) is 0 Å². The zero-order valence-corrected chi connectivity index (χ0v) is 14.9. The maximum Gasteiger partial charge on any atom is 0.234 e. The number of aromatic amines is 1. The van der Waals surface area contributed by atoms with Gasteiger partial charge in [-0.05, 0) is 31.2 Å². The lowest BCUT2D eigenvalue weighted by Gasteiger charge is -2.10. The molecule has 0 saturated carbocycles. The molecule has 0 aliphatic rings. The summed E-state index contributed by atoms with van der Waals surface area (Å²) in [4.78, 5) is 19.9. The van der Waals surface area contributed by atoms with E-state index in [0.29, 0.717) is 23.2 Å². The van der Waals surface area contributed by atoms with Crippen molar-refractivity contribution in [3.8, 4) is 11.5 Å². The number of hydrogen-bond donors (Lipinski definition) is 2. The molecule has 1 amide bonds. The summed E-state index contributed by atoms with van der Waals surface area (Å²) in [6.07, 6.45) is 0. The molecule has 2 aromatic carbocycles. The summed E-state index contributed by atoms with van der Waals surface area (Å²) in [6, 6.07) is 13.0. The fourth-order valence-corrected chi connectivity index (χ4v) is 3.02. The fraction of sp³-hybridized carbons (Fsp3) is 0.222. The molecule has 0 unspecified atom stereocenters. The van der Waals surface area contributed by atoms with E-state index in [1.54, 1.807) is 7.11 Å². The zero-order valence-electron chi connectivity index (χ0n) is 14.0. The number of rotatable bonds is 7. The molecule has 3 aromatic rings. The number of thioether (sulfide) groups is 1. The number of carbonyl (C=O) groups excluding carboxylic acids is 1. The second kappa shape index (κ2) is 7.94. The smallest absolute Gasteiger partial charge is 0.234 e. The van der Waals surface area contributed by atoms with E-state index < -0.39 is 0 Å². The Bertz CT molecular complexity index is 879. The Labute approximate surface area is 149 Å². The summed E-state index contributed by atoms with van der Waals surface area (Å²) in [5, 5.41) is 3.56. The Morgan fingerprint density at radius 3 is 2.92 bits per heavy atom. The third-order valence-electron chi connectivity index (χ3n) is 3.47. The molecule has 25 heavy (non-hydrogen) atoms. The van der Waals surface area contributed by atoms with Crippen molar-refractivity contribution < 1.29 is 14.3 Å². The van der Waals surface area contributed by atoms with Crippen LogP contribution in [0.5, 0.6) is 11.5 Å². The first-order chi connectivity index (χ1) is 12.2. The summed E-state index contributed by atoms with van der Waals surface area (Å²) in [7, 11) is 1.62. The first-order valence-corrected chi connectivity index (χ1v) is 8.86. The third kappa shape index (κ3) is 4.24. The molecule has 1 heterocycles. The van der Waals surface area contributed by atoms with Crippen molar-refractivity contribution in [1.29, 1.82) is 0 Å². The molecule has 0 radical (unpaired) electrons. The minimum absolute atomic E-state index is 0.116. The molecule has 1 aromatic heterocycles. The Kier molecular flexibility index (Phi) is 5.45. The first kappa shape index (κ1) is 17.2. The van der Waals surface area contributed by atoms with Gasteiger partial charge in [0.05, 0.1) is 36.2 Å². The van der Waals surface area contributed by atoms with E-state index >= 15 is 0 Å². The average molecular weight is 357 g/mol. The number of ether oxygens (including phenoxy) is 2. The van der Waals surface area contributed by atoms with Crippen LogP contribution in [0.4, 0.5) is 5.69 Å². The van der Waals surface area contributed by atoms with Gasteiger partial charge in [-0.25, -0.2) is 4.98 Å². The van der Waals surface area contributed by atoms with Crippen molar-refractivity contribution in [2.24, 2.45) is 0 Å². The van der Waals surface area contributed by atoms with Crippen LogP contribution >= 0.6 is 11.8 Å². The molecule has 7 heteroatoms. The van der Waals surface area contributed by atoms with Gasteiger partial charge in [0.1, 0.15) is 11.5 Å². The lowest BCUT2D eigenvalue weighted by molar-refractivity contribution is -0.113. The quantitative estimate of drug-likeness (QED) is 0.631. The lowest BCUT2D eigenvalue weighted by Crippen LogP contribution is -2.15. The second-order valence-electron chi connectivity index (χ2n) is 5.19. The predicted molar refractivity (Wildman–Crippen MR) is 99.6 cm³/mol. The van der Waals surface area contributed by atoms with Crippen LogP contribution in [0.3, 0.4) is 0 Å². The highest BCUT2D eigenvalue weighted by atomic mass is 32.2. The van der Waals surface area contributed by atoms with Crippen molar-refractivity contribution in [3.05, 3.63) is 42.5 Å². The van der Waals surface area contributed by atoms with Gasteiger partial charge in [0.25, 0.3) is 0 Å². The summed E-state index contributed by atoms with van der Waals surface area (Å²) in [5.41, 5.74) is 2.39. The normalized spacial score (nSPS) is 10.6. The maximum atomic E-state index is 12.2. The molecule has 0 bridgehead atoms. The molecule has 0 aliphatic heterocycles. The zero-order chi connectivity index (χ0) is 17.6. The third-order valence-corrected chi connectivity index (χ3v) is 4.34. The standard InChI is InChI=1S/C18H19N3O3S/c1-3-24-16-7-5-4-6-14(16)19-17(22)11-25-18-20-13-9-8-12(23-2)10-15(13)21-18/h4-10H,3,11H2,1-2H3,(H,19,22)(H,20,21). The number of H-pyrrole nitrogens is 1. The van der Waals surface area contributed by atoms with Crippen LogP contribution in [0.25, 0.3) is 11.0 Å². The summed E-state index contributed by atoms with van der Waals surface area (Å²) < 4.78 is 10.7. The molecule has 0 aliphatic carbocycles. The van der Waals surface area contributed by atoms with Crippen LogP contribution in [0.1, 0.15) is 6.92 Å². The predicted octanol–water partition coefficient (Wildman–Crippen LogP) is 3.70. The monoisotopic (exact) mass is 357 g/mol. The Hall–Kier alpha value is -2.67. The van der Waals surface area contributed by atoms with Crippen molar-refractivity contribution in [3.63, 3.8) is 0 Å². The average Bonchev–Trinajstić information content (AvgIpc) is 3.04. The van der Waals surface area contributed by atoms with Gasteiger partial charge in [-0.15, -0.1) is 0 Å². The number of anilines is 1. The lowest BCUT2D eigenvalue weighted by atomic mass is 10.3. The van der Waals surface area contributed by atoms with Gasteiger partial charge in [-0.1, -0.05) is 23.9 Å². The molecule has 0 atom stereocenters. The van der Waals surface area contributed by atoms with Gasteiger partial charge >= 0.3 is 0 Å². The molecule has 0 saturated heterocycles. The van der Waals surface area contributed by atoms with E-state index in [9.17, 15) is 4.79 Å². The van der Waals surface area contributed by atoms with Gasteiger partial charge in [-0.3, -0.25) is 4.79 Å². The van der Waals surface area contributed by atoms with E-state index in [4.69, 9.17) is 9.47 Å². The van der Waals surface area contributed by atoms with E-state index in [2.05, 4.69) is 15.3 Å². The molecule has 2 N–H and O–H groups in total. The maximum absolute atomic E-state index is 12.2. The summed E-state index contributed by atoms with van der Waals surface area (Å²) in [5.74, 6) is 1.56. The van der Waals surface area contributed by atoms with Crippen LogP contribution in [-0.2, 0) is 4.79 Å². The van der Waals surface area contributed by atoms with E-state index in [0.717, 1.165) is 16.8 Å². The fourth-order valence-electron chi connectivity index (χ4n) is 2.33. The molecule has 130 valence electrons. The Morgan fingerprint density at radius 2 is 2.12 bits per heavy atom. The molecular formula is C18H19N3O3S. The molecule has 0 spiro atoms. The SMILES string of the molecule is CCOc1ccccc1NC(=O)CSc1nc2ccc(OC)cc2[nH]1. The van der Waals surface area contributed by atoms with Crippen molar-refractivity contribution in [1.82, 2.24) is 9.97 Å². The van der Waals surface area contributed by atoms with Crippen LogP contribution in [0.2, 0.25) is 0 Å². The van der Waals surface area contributed by atoms with Gasteiger partial charge in [0.2, 0.25) is 5.91 Å². The molecule has 6 nitrogen and oxygen atoms in total.